The number of esters is 1. The molecule has 0 saturated heterocycles. The number of carbonyl (C=O) groups is 1. The second kappa shape index (κ2) is 7.60. The van der Waals surface area contributed by atoms with Crippen LogP contribution in [0.4, 0.5) is 5.95 Å². The molecule has 0 radical (unpaired) electrons. The molecular formula is C12H19N3O3. The first-order chi connectivity index (χ1) is 8.69. The number of nitrogens with one attached hydrogen (secondary N) is 1. The van der Waals surface area contributed by atoms with Crippen LogP contribution in [0, 0.1) is 6.92 Å². The van der Waals surface area contributed by atoms with E-state index in [-0.39, 0.29) is 5.97 Å². The highest BCUT2D eigenvalue weighted by atomic mass is 16.5. The van der Waals surface area contributed by atoms with Crippen LogP contribution in [0.5, 0.6) is 0 Å². The molecule has 1 rings (SSSR count). The number of carbonyl (C=O) groups excluding carboxylic acids is 1. The summed E-state index contributed by atoms with van der Waals surface area (Å²) in [5.41, 5.74) is 1.01. The van der Waals surface area contributed by atoms with Gasteiger partial charge in [0.25, 0.3) is 0 Å². The zero-order valence-corrected chi connectivity index (χ0v) is 11.0. The molecule has 6 nitrogen and oxygen atoms in total. The van der Waals surface area contributed by atoms with Gasteiger partial charge in [0.15, 0.2) is 0 Å². The highest BCUT2D eigenvalue weighted by Crippen LogP contribution is 2.08. The molecule has 0 saturated carbocycles. The van der Waals surface area contributed by atoms with E-state index in [1.807, 2.05) is 0 Å². The van der Waals surface area contributed by atoms with Crippen molar-refractivity contribution in [2.45, 2.75) is 20.3 Å². The second-order valence-electron chi connectivity index (χ2n) is 3.69. The van der Waals surface area contributed by atoms with Gasteiger partial charge in [0, 0.05) is 26.5 Å². The molecule has 1 N–H and O–H groups in total. The Kier molecular flexibility index (Phi) is 6.07. The molecule has 0 aliphatic heterocycles. The minimum atomic E-state index is -0.388. The molecule has 18 heavy (non-hydrogen) atoms. The van der Waals surface area contributed by atoms with Crippen molar-refractivity contribution in [2.24, 2.45) is 0 Å². The van der Waals surface area contributed by atoms with Gasteiger partial charge in [-0.25, -0.2) is 14.8 Å². The van der Waals surface area contributed by atoms with Crippen LogP contribution in [-0.4, -0.2) is 42.8 Å². The van der Waals surface area contributed by atoms with Gasteiger partial charge in [-0.1, -0.05) is 0 Å². The third kappa shape index (κ3) is 4.29. The maximum absolute atomic E-state index is 11.5. The number of anilines is 1. The van der Waals surface area contributed by atoms with Crippen molar-refractivity contribution < 1.29 is 14.3 Å². The SMILES string of the molecule is CCOC(=O)c1cnc(NCCCOC)nc1C. The van der Waals surface area contributed by atoms with E-state index in [9.17, 15) is 4.79 Å². The molecule has 100 valence electrons. The number of aromatic nitrogens is 2. The van der Waals surface area contributed by atoms with Gasteiger partial charge in [0.1, 0.15) is 0 Å². The van der Waals surface area contributed by atoms with E-state index in [1.54, 1.807) is 21.0 Å². The molecule has 0 aliphatic carbocycles. The summed E-state index contributed by atoms with van der Waals surface area (Å²) in [7, 11) is 1.66. The number of methoxy groups -OCH3 is 1. The Balaban J connectivity index is 2.59. The lowest BCUT2D eigenvalue weighted by atomic mass is 10.2. The standard InChI is InChI=1S/C12H19N3O3/c1-4-18-11(16)10-8-14-12(15-9(10)2)13-6-5-7-17-3/h8H,4-7H2,1-3H3,(H,13,14,15). The number of hydrogen-bond donors (Lipinski definition) is 1. The number of hydrogen-bond acceptors (Lipinski definition) is 6. The monoisotopic (exact) mass is 253 g/mol. The van der Waals surface area contributed by atoms with Gasteiger partial charge < -0.3 is 14.8 Å². The van der Waals surface area contributed by atoms with Gasteiger partial charge in [-0.05, 0) is 20.3 Å². The summed E-state index contributed by atoms with van der Waals surface area (Å²) in [5, 5.41) is 3.06. The largest absolute Gasteiger partial charge is 0.462 e. The summed E-state index contributed by atoms with van der Waals surface area (Å²) in [5.74, 6) is 0.123. The van der Waals surface area contributed by atoms with Crippen LogP contribution in [0.15, 0.2) is 6.20 Å². The first-order valence-corrected chi connectivity index (χ1v) is 5.92. The molecule has 0 bridgehead atoms. The topological polar surface area (TPSA) is 73.3 Å². The third-order valence-electron chi connectivity index (χ3n) is 2.28. The predicted octanol–water partition coefficient (Wildman–Crippen LogP) is 1.41. The van der Waals surface area contributed by atoms with Crippen molar-refractivity contribution in [3.63, 3.8) is 0 Å². The van der Waals surface area contributed by atoms with Crippen LogP contribution >= 0.6 is 0 Å². The molecule has 0 fully saturated rings. The van der Waals surface area contributed by atoms with Crippen molar-refractivity contribution in [1.82, 2.24) is 9.97 Å². The number of ether oxygens (including phenoxy) is 2. The number of aryl methyl sites for hydroxylation is 1. The van der Waals surface area contributed by atoms with E-state index in [0.29, 0.717) is 30.4 Å². The fraction of sp³-hybridized carbons (Fsp3) is 0.583. The van der Waals surface area contributed by atoms with Gasteiger partial charge in [-0.2, -0.15) is 0 Å². The lowest BCUT2D eigenvalue weighted by Crippen LogP contribution is -2.12. The number of nitrogens with zero attached hydrogens (tertiary/aromatic N) is 2. The average molecular weight is 253 g/mol. The number of rotatable bonds is 7. The van der Waals surface area contributed by atoms with Crippen LogP contribution in [0.2, 0.25) is 0 Å². The molecule has 6 heteroatoms. The fourth-order valence-electron chi connectivity index (χ4n) is 1.38. The predicted molar refractivity (Wildman–Crippen MR) is 67.7 cm³/mol. The maximum Gasteiger partial charge on any atom is 0.341 e. The van der Waals surface area contributed by atoms with E-state index in [0.717, 1.165) is 13.0 Å². The van der Waals surface area contributed by atoms with Gasteiger partial charge in [0.05, 0.1) is 17.9 Å². The summed E-state index contributed by atoms with van der Waals surface area (Å²) >= 11 is 0. The summed E-state index contributed by atoms with van der Waals surface area (Å²) in [6.45, 7) is 5.28. The Morgan fingerprint density at radius 1 is 1.50 bits per heavy atom. The van der Waals surface area contributed by atoms with Gasteiger partial charge in [-0.3, -0.25) is 0 Å². The molecular weight excluding hydrogens is 234 g/mol. The Hall–Kier alpha value is -1.69. The fourth-order valence-corrected chi connectivity index (χ4v) is 1.38. The van der Waals surface area contributed by atoms with E-state index >= 15 is 0 Å². The van der Waals surface area contributed by atoms with Gasteiger partial charge in [-0.15, -0.1) is 0 Å². The maximum atomic E-state index is 11.5. The summed E-state index contributed by atoms with van der Waals surface area (Å²) in [6.07, 6.45) is 2.36. The van der Waals surface area contributed by atoms with Crippen LogP contribution < -0.4 is 5.32 Å². The van der Waals surface area contributed by atoms with Crippen LogP contribution in [0.25, 0.3) is 0 Å². The van der Waals surface area contributed by atoms with Gasteiger partial charge >= 0.3 is 5.97 Å². The highest BCUT2D eigenvalue weighted by molar-refractivity contribution is 5.90. The van der Waals surface area contributed by atoms with Crippen molar-refractivity contribution in [2.75, 3.05) is 32.2 Å². The van der Waals surface area contributed by atoms with E-state index in [2.05, 4.69) is 15.3 Å². The minimum Gasteiger partial charge on any atom is -0.462 e. The average Bonchev–Trinajstić information content (AvgIpc) is 2.35. The molecule has 0 aromatic carbocycles. The molecule has 1 aromatic heterocycles. The smallest absolute Gasteiger partial charge is 0.341 e. The van der Waals surface area contributed by atoms with Crippen molar-refractivity contribution in [3.8, 4) is 0 Å². The van der Waals surface area contributed by atoms with Crippen LogP contribution in [0.1, 0.15) is 29.4 Å². The van der Waals surface area contributed by atoms with Crippen LogP contribution in [-0.2, 0) is 9.47 Å². The first kappa shape index (κ1) is 14.4. The Morgan fingerprint density at radius 3 is 2.89 bits per heavy atom. The molecule has 0 amide bonds. The molecule has 0 aliphatic rings. The molecule has 1 aromatic rings. The molecule has 1 heterocycles. The molecule has 0 spiro atoms. The van der Waals surface area contributed by atoms with Crippen LogP contribution in [0.3, 0.4) is 0 Å². The van der Waals surface area contributed by atoms with Crippen molar-refractivity contribution in [3.05, 3.63) is 17.5 Å². The normalized spacial score (nSPS) is 10.2. The zero-order chi connectivity index (χ0) is 13.4. The Bertz CT molecular complexity index is 396. The quantitative estimate of drug-likeness (QED) is 0.585. The van der Waals surface area contributed by atoms with E-state index in [1.165, 1.54) is 6.20 Å². The summed E-state index contributed by atoms with van der Waals surface area (Å²) in [4.78, 5) is 19.8. The van der Waals surface area contributed by atoms with Crippen molar-refractivity contribution >= 4 is 11.9 Å². The second-order valence-corrected chi connectivity index (χ2v) is 3.69. The van der Waals surface area contributed by atoms with E-state index < -0.39 is 0 Å². The Labute approximate surface area is 107 Å². The van der Waals surface area contributed by atoms with Gasteiger partial charge in [0.2, 0.25) is 5.95 Å². The first-order valence-electron chi connectivity index (χ1n) is 5.92. The lowest BCUT2D eigenvalue weighted by molar-refractivity contribution is 0.0524. The Morgan fingerprint density at radius 2 is 2.28 bits per heavy atom. The highest BCUT2D eigenvalue weighted by Gasteiger charge is 2.12. The molecule has 0 atom stereocenters. The van der Waals surface area contributed by atoms with E-state index in [4.69, 9.17) is 9.47 Å². The summed E-state index contributed by atoms with van der Waals surface area (Å²) in [6, 6.07) is 0. The minimum absolute atomic E-state index is 0.343. The lowest BCUT2D eigenvalue weighted by Gasteiger charge is -2.07. The summed E-state index contributed by atoms with van der Waals surface area (Å²) < 4.78 is 9.84. The van der Waals surface area contributed by atoms with Crippen molar-refractivity contribution in [1.29, 1.82) is 0 Å². The zero-order valence-electron chi connectivity index (χ0n) is 11.0. The molecule has 0 unspecified atom stereocenters. The third-order valence-corrected chi connectivity index (χ3v) is 2.28.